The Morgan fingerprint density at radius 2 is 1.65 bits per heavy atom. The average molecular weight is 320 g/mol. The van der Waals surface area contributed by atoms with Crippen molar-refractivity contribution in [3.05, 3.63) is 23.8 Å². The lowest BCUT2D eigenvalue weighted by molar-refractivity contribution is 0.0912. The molecule has 0 unspecified atom stereocenters. The van der Waals surface area contributed by atoms with E-state index in [2.05, 4.69) is 36.6 Å². The summed E-state index contributed by atoms with van der Waals surface area (Å²) in [5, 5.41) is 0. The molecule has 1 fully saturated rings. The van der Waals surface area contributed by atoms with Gasteiger partial charge in [0.25, 0.3) is 0 Å². The Morgan fingerprint density at radius 1 is 1.00 bits per heavy atom. The van der Waals surface area contributed by atoms with Crippen molar-refractivity contribution in [3.8, 4) is 11.5 Å². The van der Waals surface area contributed by atoms with Crippen molar-refractivity contribution in [2.24, 2.45) is 5.41 Å². The molecule has 23 heavy (non-hydrogen) atoms. The maximum atomic E-state index is 5.50. The Balaban J connectivity index is 1.91. The van der Waals surface area contributed by atoms with Crippen LogP contribution in [0.1, 0.15) is 32.8 Å². The molecule has 1 aromatic rings. The largest absolute Gasteiger partial charge is 0.497 e. The second-order valence-corrected chi connectivity index (χ2v) is 7.25. The SMILES string of the molecule is CCC(C)(C)CN1CCN(Cc2cc(OC)ccc2OC)CC1. The first-order chi connectivity index (χ1) is 11.0. The number of hydrogen-bond donors (Lipinski definition) is 0. The maximum absolute atomic E-state index is 5.50. The van der Waals surface area contributed by atoms with Gasteiger partial charge in [-0.15, -0.1) is 0 Å². The van der Waals surface area contributed by atoms with E-state index in [1.54, 1.807) is 14.2 Å². The van der Waals surface area contributed by atoms with Crippen molar-refractivity contribution in [2.45, 2.75) is 33.7 Å². The molecule has 0 bridgehead atoms. The van der Waals surface area contributed by atoms with Crippen LogP contribution in [-0.4, -0.2) is 56.7 Å². The molecule has 0 atom stereocenters. The summed E-state index contributed by atoms with van der Waals surface area (Å²) < 4.78 is 10.8. The summed E-state index contributed by atoms with van der Waals surface area (Å²) in [6.07, 6.45) is 1.23. The van der Waals surface area contributed by atoms with Crippen LogP contribution in [0, 0.1) is 5.41 Å². The van der Waals surface area contributed by atoms with Crippen molar-refractivity contribution < 1.29 is 9.47 Å². The van der Waals surface area contributed by atoms with E-state index in [-0.39, 0.29) is 0 Å². The van der Waals surface area contributed by atoms with Crippen LogP contribution in [-0.2, 0) is 6.54 Å². The zero-order valence-corrected chi connectivity index (χ0v) is 15.4. The van der Waals surface area contributed by atoms with Gasteiger partial charge in [-0.05, 0) is 30.0 Å². The van der Waals surface area contributed by atoms with Gasteiger partial charge in [-0.25, -0.2) is 0 Å². The van der Waals surface area contributed by atoms with Gasteiger partial charge in [-0.1, -0.05) is 20.8 Å². The summed E-state index contributed by atoms with van der Waals surface area (Å²) in [7, 11) is 3.44. The van der Waals surface area contributed by atoms with Crippen LogP contribution in [0.3, 0.4) is 0 Å². The monoisotopic (exact) mass is 320 g/mol. The first-order valence-corrected chi connectivity index (χ1v) is 8.63. The van der Waals surface area contributed by atoms with E-state index in [0.29, 0.717) is 5.41 Å². The predicted octanol–water partition coefficient (Wildman–Crippen LogP) is 3.26. The molecule has 1 aliphatic heterocycles. The molecule has 4 heteroatoms. The molecule has 1 aliphatic rings. The fourth-order valence-electron chi connectivity index (χ4n) is 3.07. The predicted molar refractivity (Wildman–Crippen MR) is 95.3 cm³/mol. The van der Waals surface area contributed by atoms with Gasteiger partial charge in [-0.3, -0.25) is 4.90 Å². The van der Waals surface area contributed by atoms with Crippen LogP contribution in [0.25, 0.3) is 0 Å². The third kappa shape index (κ3) is 5.11. The zero-order chi connectivity index (χ0) is 16.9. The van der Waals surface area contributed by atoms with Gasteiger partial charge in [0, 0.05) is 44.8 Å². The van der Waals surface area contributed by atoms with Crippen LogP contribution in [0.5, 0.6) is 11.5 Å². The molecule has 0 aliphatic carbocycles. The number of benzene rings is 1. The van der Waals surface area contributed by atoms with Crippen LogP contribution in [0.4, 0.5) is 0 Å². The molecular formula is C19H32N2O2. The third-order valence-electron chi connectivity index (χ3n) is 4.96. The molecule has 130 valence electrons. The molecule has 1 saturated heterocycles. The van der Waals surface area contributed by atoms with E-state index < -0.39 is 0 Å². The van der Waals surface area contributed by atoms with E-state index in [9.17, 15) is 0 Å². The Labute approximate surface area is 141 Å². The topological polar surface area (TPSA) is 24.9 Å². The molecule has 0 aromatic heterocycles. The molecule has 0 saturated carbocycles. The first-order valence-electron chi connectivity index (χ1n) is 8.63. The maximum Gasteiger partial charge on any atom is 0.123 e. The Bertz CT molecular complexity index is 494. The van der Waals surface area contributed by atoms with Gasteiger partial charge in [0.05, 0.1) is 14.2 Å². The Hall–Kier alpha value is -1.26. The van der Waals surface area contributed by atoms with Gasteiger partial charge in [0.2, 0.25) is 0 Å². The number of rotatable bonds is 7. The fraction of sp³-hybridized carbons (Fsp3) is 0.684. The lowest BCUT2D eigenvalue weighted by Crippen LogP contribution is -2.48. The fourth-order valence-corrected chi connectivity index (χ4v) is 3.07. The number of piperazine rings is 1. The second-order valence-electron chi connectivity index (χ2n) is 7.25. The smallest absolute Gasteiger partial charge is 0.123 e. The van der Waals surface area contributed by atoms with Crippen molar-refractivity contribution in [1.29, 1.82) is 0 Å². The minimum atomic E-state index is 0.415. The Morgan fingerprint density at radius 3 is 2.22 bits per heavy atom. The van der Waals surface area contributed by atoms with Gasteiger partial charge in [-0.2, -0.15) is 0 Å². The van der Waals surface area contributed by atoms with E-state index in [0.717, 1.165) is 44.2 Å². The average Bonchev–Trinajstić information content (AvgIpc) is 2.56. The van der Waals surface area contributed by atoms with Gasteiger partial charge >= 0.3 is 0 Å². The summed E-state index contributed by atoms with van der Waals surface area (Å²) >= 11 is 0. The van der Waals surface area contributed by atoms with Crippen molar-refractivity contribution in [2.75, 3.05) is 46.9 Å². The minimum absolute atomic E-state index is 0.415. The first kappa shape index (κ1) is 18.1. The number of methoxy groups -OCH3 is 2. The highest BCUT2D eigenvalue weighted by Crippen LogP contribution is 2.26. The molecule has 2 rings (SSSR count). The molecule has 0 spiro atoms. The molecule has 4 nitrogen and oxygen atoms in total. The minimum Gasteiger partial charge on any atom is -0.497 e. The number of nitrogens with zero attached hydrogens (tertiary/aromatic N) is 2. The summed E-state index contributed by atoms with van der Waals surface area (Å²) in [5.41, 5.74) is 1.62. The zero-order valence-electron chi connectivity index (χ0n) is 15.4. The van der Waals surface area contributed by atoms with E-state index in [1.807, 2.05) is 12.1 Å². The number of hydrogen-bond acceptors (Lipinski definition) is 4. The summed E-state index contributed by atoms with van der Waals surface area (Å²) in [6, 6.07) is 6.03. The van der Waals surface area contributed by atoms with Crippen molar-refractivity contribution in [1.82, 2.24) is 9.80 Å². The van der Waals surface area contributed by atoms with Crippen LogP contribution >= 0.6 is 0 Å². The van der Waals surface area contributed by atoms with Gasteiger partial charge < -0.3 is 14.4 Å². The van der Waals surface area contributed by atoms with Crippen LogP contribution < -0.4 is 9.47 Å². The molecule has 0 radical (unpaired) electrons. The quantitative estimate of drug-likeness (QED) is 0.770. The normalized spacial score (nSPS) is 17.3. The summed E-state index contributed by atoms with van der Waals surface area (Å²) in [4.78, 5) is 5.11. The van der Waals surface area contributed by atoms with E-state index in [4.69, 9.17) is 9.47 Å². The second kappa shape index (κ2) is 8.02. The highest BCUT2D eigenvalue weighted by molar-refractivity contribution is 5.40. The molecule has 0 amide bonds. The molecular weight excluding hydrogens is 288 g/mol. The summed E-state index contributed by atoms with van der Waals surface area (Å²) in [5.74, 6) is 1.84. The lowest BCUT2D eigenvalue weighted by Gasteiger charge is -2.38. The standard InChI is InChI=1S/C19H32N2O2/c1-6-19(2,3)15-21-11-9-20(10-12-21)14-16-13-17(22-4)7-8-18(16)23-5/h7-8,13H,6,9-12,14-15H2,1-5H3. The molecule has 1 aromatic carbocycles. The number of ether oxygens (including phenoxy) is 2. The molecule has 0 N–H and O–H groups in total. The summed E-state index contributed by atoms with van der Waals surface area (Å²) in [6.45, 7) is 13.6. The third-order valence-corrected chi connectivity index (χ3v) is 4.96. The van der Waals surface area contributed by atoms with Crippen LogP contribution in [0.2, 0.25) is 0 Å². The van der Waals surface area contributed by atoms with Crippen molar-refractivity contribution in [3.63, 3.8) is 0 Å². The van der Waals surface area contributed by atoms with Crippen LogP contribution in [0.15, 0.2) is 18.2 Å². The van der Waals surface area contributed by atoms with E-state index in [1.165, 1.54) is 18.5 Å². The highest BCUT2D eigenvalue weighted by atomic mass is 16.5. The van der Waals surface area contributed by atoms with Crippen molar-refractivity contribution >= 4 is 0 Å². The van der Waals surface area contributed by atoms with Gasteiger partial charge in [0.1, 0.15) is 11.5 Å². The lowest BCUT2D eigenvalue weighted by atomic mass is 9.89. The van der Waals surface area contributed by atoms with E-state index >= 15 is 0 Å². The molecule has 1 heterocycles. The van der Waals surface area contributed by atoms with Gasteiger partial charge in [0.15, 0.2) is 0 Å². The Kier molecular flexibility index (Phi) is 6.31. The highest BCUT2D eigenvalue weighted by Gasteiger charge is 2.24.